The maximum atomic E-state index is 12.9. The molecule has 1 aromatic rings. The first-order valence-corrected chi connectivity index (χ1v) is 6.70. The predicted molar refractivity (Wildman–Crippen MR) is 67.2 cm³/mol. The number of amides is 1. The summed E-state index contributed by atoms with van der Waals surface area (Å²) < 4.78 is 12.9. The SMILES string of the molecule is NC(=O)C(c1ccc(F)cc1)N1CCSCC1. The van der Waals surface area contributed by atoms with E-state index in [0.29, 0.717) is 0 Å². The Kier molecular flexibility index (Phi) is 4.02. The molecular formula is C12H15FN2OS. The molecule has 1 heterocycles. The lowest BCUT2D eigenvalue weighted by molar-refractivity contribution is -0.123. The molecule has 1 saturated heterocycles. The number of benzene rings is 1. The number of halogens is 1. The van der Waals surface area contributed by atoms with E-state index in [2.05, 4.69) is 4.90 Å². The summed E-state index contributed by atoms with van der Waals surface area (Å²) >= 11 is 1.87. The maximum Gasteiger partial charge on any atom is 0.239 e. The molecule has 0 aliphatic carbocycles. The standard InChI is InChI=1S/C12H15FN2OS/c13-10-3-1-9(2-4-10)11(12(14)16)15-5-7-17-8-6-15/h1-4,11H,5-8H2,(H2,14,16). The fourth-order valence-electron chi connectivity index (χ4n) is 2.04. The fourth-order valence-corrected chi connectivity index (χ4v) is 2.97. The van der Waals surface area contributed by atoms with Crippen molar-refractivity contribution in [2.24, 2.45) is 5.73 Å². The van der Waals surface area contributed by atoms with Gasteiger partial charge in [0.05, 0.1) is 0 Å². The molecule has 1 amide bonds. The predicted octanol–water partition coefficient (Wildman–Crippen LogP) is 1.40. The van der Waals surface area contributed by atoms with Crippen LogP contribution in [0.5, 0.6) is 0 Å². The second-order valence-corrected chi connectivity index (χ2v) is 5.23. The van der Waals surface area contributed by atoms with Crippen LogP contribution >= 0.6 is 11.8 Å². The molecule has 17 heavy (non-hydrogen) atoms. The van der Waals surface area contributed by atoms with Gasteiger partial charge in [0, 0.05) is 24.6 Å². The topological polar surface area (TPSA) is 46.3 Å². The molecule has 0 spiro atoms. The number of nitrogens with zero attached hydrogens (tertiary/aromatic N) is 1. The average Bonchev–Trinajstić information content (AvgIpc) is 2.33. The quantitative estimate of drug-likeness (QED) is 0.887. The van der Waals surface area contributed by atoms with Crippen molar-refractivity contribution in [2.75, 3.05) is 24.6 Å². The first-order valence-electron chi connectivity index (χ1n) is 5.55. The van der Waals surface area contributed by atoms with Crippen molar-refractivity contribution < 1.29 is 9.18 Å². The van der Waals surface area contributed by atoms with E-state index < -0.39 is 6.04 Å². The Morgan fingerprint density at radius 3 is 2.41 bits per heavy atom. The van der Waals surface area contributed by atoms with Crippen LogP contribution in [0.25, 0.3) is 0 Å². The molecule has 0 aromatic heterocycles. The smallest absolute Gasteiger partial charge is 0.239 e. The summed E-state index contributed by atoms with van der Waals surface area (Å²) in [4.78, 5) is 13.6. The Morgan fingerprint density at radius 2 is 1.88 bits per heavy atom. The molecule has 0 bridgehead atoms. The van der Waals surface area contributed by atoms with Crippen molar-refractivity contribution in [1.29, 1.82) is 0 Å². The van der Waals surface area contributed by atoms with Crippen LogP contribution in [0.3, 0.4) is 0 Å². The lowest BCUT2D eigenvalue weighted by Crippen LogP contribution is -2.42. The Bertz CT molecular complexity index is 390. The first-order chi connectivity index (χ1) is 8.18. The molecule has 1 fully saturated rings. The van der Waals surface area contributed by atoms with Gasteiger partial charge in [0.15, 0.2) is 0 Å². The van der Waals surface area contributed by atoms with Crippen LogP contribution in [0.15, 0.2) is 24.3 Å². The van der Waals surface area contributed by atoms with Gasteiger partial charge in [-0.15, -0.1) is 0 Å². The van der Waals surface area contributed by atoms with E-state index in [4.69, 9.17) is 5.73 Å². The summed E-state index contributed by atoms with van der Waals surface area (Å²) in [7, 11) is 0. The van der Waals surface area contributed by atoms with Gasteiger partial charge in [0.25, 0.3) is 0 Å². The molecule has 3 nitrogen and oxygen atoms in total. The molecule has 2 rings (SSSR count). The minimum Gasteiger partial charge on any atom is -0.368 e. The van der Waals surface area contributed by atoms with E-state index in [1.807, 2.05) is 11.8 Å². The zero-order valence-electron chi connectivity index (χ0n) is 9.43. The van der Waals surface area contributed by atoms with Gasteiger partial charge in [-0.05, 0) is 17.7 Å². The largest absolute Gasteiger partial charge is 0.368 e. The van der Waals surface area contributed by atoms with Crippen molar-refractivity contribution in [3.8, 4) is 0 Å². The maximum absolute atomic E-state index is 12.9. The van der Waals surface area contributed by atoms with Crippen LogP contribution in [-0.4, -0.2) is 35.4 Å². The van der Waals surface area contributed by atoms with Crippen LogP contribution in [0.2, 0.25) is 0 Å². The highest BCUT2D eigenvalue weighted by Gasteiger charge is 2.26. The zero-order chi connectivity index (χ0) is 12.3. The molecule has 5 heteroatoms. The highest BCUT2D eigenvalue weighted by Crippen LogP contribution is 2.24. The fraction of sp³-hybridized carbons (Fsp3) is 0.417. The van der Waals surface area contributed by atoms with Crippen LogP contribution in [-0.2, 0) is 4.79 Å². The molecule has 2 N–H and O–H groups in total. The molecule has 1 aliphatic rings. The lowest BCUT2D eigenvalue weighted by atomic mass is 10.0. The van der Waals surface area contributed by atoms with Gasteiger partial charge in [0.1, 0.15) is 11.9 Å². The van der Waals surface area contributed by atoms with E-state index in [0.717, 1.165) is 30.2 Å². The average molecular weight is 254 g/mol. The molecular weight excluding hydrogens is 239 g/mol. The van der Waals surface area contributed by atoms with Gasteiger partial charge in [-0.1, -0.05) is 12.1 Å². The normalized spacial score (nSPS) is 18.9. The Balaban J connectivity index is 2.21. The lowest BCUT2D eigenvalue weighted by Gasteiger charge is -2.32. The summed E-state index contributed by atoms with van der Waals surface area (Å²) in [6.07, 6.45) is 0. The van der Waals surface area contributed by atoms with Gasteiger partial charge < -0.3 is 5.73 Å². The molecule has 1 aliphatic heterocycles. The number of primary amides is 1. The summed E-state index contributed by atoms with van der Waals surface area (Å²) in [5.41, 5.74) is 6.23. The van der Waals surface area contributed by atoms with E-state index in [9.17, 15) is 9.18 Å². The van der Waals surface area contributed by atoms with Crippen molar-refractivity contribution in [3.63, 3.8) is 0 Å². The van der Waals surface area contributed by atoms with Crippen molar-refractivity contribution in [2.45, 2.75) is 6.04 Å². The molecule has 1 unspecified atom stereocenters. The molecule has 92 valence electrons. The van der Waals surface area contributed by atoms with Crippen molar-refractivity contribution in [3.05, 3.63) is 35.6 Å². The number of carbonyl (C=O) groups is 1. The van der Waals surface area contributed by atoms with Crippen LogP contribution in [0, 0.1) is 5.82 Å². The van der Waals surface area contributed by atoms with Gasteiger partial charge in [-0.3, -0.25) is 9.69 Å². The molecule has 1 aromatic carbocycles. The van der Waals surface area contributed by atoms with Crippen molar-refractivity contribution in [1.82, 2.24) is 4.90 Å². The van der Waals surface area contributed by atoms with Crippen LogP contribution < -0.4 is 5.73 Å². The monoisotopic (exact) mass is 254 g/mol. The Hall–Kier alpha value is -1.07. The second-order valence-electron chi connectivity index (χ2n) is 4.00. The minimum atomic E-state index is -0.434. The summed E-state index contributed by atoms with van der Waals surface area (Å²) in [6.45, 7) is 1.69. The van der Waals surface area contributed by atoms with E-state index >= 15 is 0 Å². The third-order valence-electron chi connectivity index (χ3n) is 2.87. The number of nitrogens with two attached hydrogens (primary N) is 1. The Labute approximate surface area is 104 Å². The van der Waals surface area contributed by atoms with Gasteiger partial charge in [-0.25, -0.2) is 4.39 Å². The van der Waals surface area contributed by atoms with Crippen molar-refractivity contribution >= 4 is 17.7 Å². The van der Waals surface area contributed by atoms with Gasteiger partial charge in [-0.2, -0.15) is 11.8 Å². The Morgan fingerprint density at radius 1 is 1.29 bits per heavy atom. The van der Waals surface area contributed by atoms with Crippen LogP contribution in [0.1, 0.15) is 11.6 Å². The van der Waals surface area contributed by atoms with E-state index in [1.165, 1.54) is 12.1 Å². The number of rotatable bonds is 3. The molecule has 0 saturated carbocycles. The zero-order valence-corrected chi connectivity index (χ0v) is 10.3. The minimum absolute atomic E-state index is 0.300. The molecule has 1 atom stereocenters. The van der Waals surface area contributed by atoms with E-state index in [-0.39, 0.29) is 11.7 Å². The number of thioether (sulfide) groups is 1. The first kappa shape index (κ1) is 12.4. The van der Waals surface area contributed by atoms with Crippen LogP contribution in [0.4, 0.5) is 4.39 Å². The van der Waals surface area contributed by atoms with E-state index in [1.54, 1.807) is 12.1 Å². The number of hydrogen-bond acceptors (Lipinski definition) is 3. The summed E-state index contributed by atoms with van der Waals surface area (Å²) in [6, 6.07) is 5.56. The second kappa shape index (κ2) is 5.51. The number of carbonyl (C=O) groups excluding carboxylic acids is 1. The third kappa shape index (κ3) is 2.98. The van der Waals surface area contributed by atoms with Gasteiger partial charge >= 0.3 is 0 Å². The van der Waals surface area contributed by atoms with Gasteiger partial charge in [0.2, 0.25) is 5.91 Å². The number of hydrogen-bond donors (Lipinski definition) is 1. The summed E-state index contributed by atoms with van der Waals surface area (Å²) in [5, 5.41) is 0. The highest BCUT2D eigenvalue weighted by atomic mass is 32.2. The third-order valence-corrected chi connectivity index (χ3v) is 3.81. The molecule has 0 radical (unpaired) electrons. The highest BCUT2D eigenvalue weighted by molar-refractivity contribution is 7.99. The summed E-state index contributed by atoms with van der Waals surface area (Å²) in [5.74, 6) is 1.34.